The molecule has 106 valence electrons. The molecule has 0 aliphatic heterocycles. The van der Waals surface area contributed by atoms with Gasteiger partial charge in [-0.15, -0.1) is 11.3 Å². The summed E-state index contributed by atoms with van der Waals surface area (Å²) in [5, 5.41) is 3.42. The molecule has 1 atom stereocenters. The Bertz CT molecular complexity index is 619. The van der Waals surface area contributed by atoms with E-state index < -0.39 is 0 Å². The first-order chi connectivity index (χ1) is 9.45. The van der Waals surface area contributed by atoms with E-state index in [4.69, 9.17) is 5.73 Å². The summed E-state index contributed by atoms with van der Waals surface area (Å²) < 4.78 is 0. The number of nitrogens with two attached hydrogens (primary N) is 1. The lowest BCUT2D eigenvalue weighted by Crippen LogP contribution is -2.17. The van der Waals surface area contributed by atoms with E-state index in [0.717, 1.165) is 12.1 Å². The molecule has 20 heavy (non-hydrogen) atoms. The van der Waals surface area contributed by atoms with E-state index in [2.05, 4.69) is 31.3 Å². The highest BCUT2D eigenvalue weighted by atomic mass is 32.1. The first-order valence-electron chi connectivity index (χ1n) is 6.68. The number of carbonyl (C=O) groups is 1. The number of nitrogen functional groups attached to an aromatic ring is 1. The molecule has 0 amide bonds. The van der Waals surface area contributed by atoms with Gasteiger partial charge in [0.15, 0.2) is 5.78 Å². The van der Waals surface area contributed by atoms with Crippen LogP contribution in [0.5, 0.6) is 0 Å². The molecule has 0 bridgehead atoms. The number of hydrogen-bond acceptors (Lipinski definition) is 4. The second-order valence-electron chi connectivity index (χ2n) is 5.12. The van der Waals surface area contributed by atoms with Crippen molar-refractivity contribution in [3.8, 4) is 0 Å². The van der Waals surface area contributed by atoms with E-state index in [9.17, 15) is 4.79 Å². The quantitative estimate of drug-likeness (QED) is 0.648. The molecule has 1 aromatic carbocycles. The van der Waals surface area contributed by atoms with Crippen molar-refractivity contribution in [1.29, 1.82) is 0 Å². The molecule has 1 aromatic heterocycles. The van der Waals surface area contributed by atoms with Crippen molar-refractivity contribution in [2.24, 2.45) is 0 Å². The molecule has 1 heterocycles. The molecule has 0 radical (unpaired) electrons. The number of aryl methyl sites for hydroxylation is 1. The summed E-state index contributed by atoms with van der Waals surface area (Å²) in [6.45, 7) is 5.79. The van der Waals surface area contributed by atoms with Crippen LogP contribution in [0.4, 0.5) is 11.4 Å². The van der Waals surface area contributed by atoms with Gasteiger partial charge in [0, 0.05) is 39.2 Å². The van der Waals surface area contributed by atoms with Crippen molar-refractivity contribution >= 4 is 28.5 Å². The fourth-order valence-corrected chi connectivity index (χ4v) is 3.22. The Morgan fingerprint density at radius 3 is 2.65 bits per heavy atom. The number of rotatable bonds is 5. The molecule has 0 aliphatic rings. The van der Waals surface area contributed by atoms with Gasteiger partial charge in [0.1, 0.15) is 0 Å². The molecule has 0 saturated carbocycles. The largest absolute Gasteiger partial charge is 0.398 e. The molecule has 3 nitrogen and oxygen atoms in total. The predicted octanol–water partition coefficient (Wildman–Crippen LogP) is 3.88. The zero-order valence-electron chi connectivity index (χ0n) is 12.1. The number of ketones is 1. The Morgan fingerprint density at radius 2 is 2.10 bits per heavy atom. The van der Waals surface area contributed by atoms with E-state index >= 15 is 0 Å². The molecule has 1 unspecified atom stereocenters. The highest BCUT2D eigenvalue weighted by Gasteiger charge is 2.08. The van der Waals surface area contributed by atoms with Gasteiger partial charge in [-0.3, -0.25) is 4.79 Å². The molecular weight excluding hydrogens is 268 g/mol. The van der Waals surface area contributed by atoms with Gasteiger partial charge in [0.25, 0.3) is 0 Å². The maximum Gasteiger partial charge on any atom is 0.161 e. The number of nitrogens with one attached hydrogen (secondary N) is 1. The highest BCUT2D eigenvalue weighted by Crippen LogP contribution is 2.21. The SMILES string of the molecule is CC(=O)c1ccc(NC(C)Cc2ccc(C)s2)cc1N. The van der Waals surface area contributed by atoms with E-state index in [1.807, 2.05) is 23.5 Å². The van der Waals surface area contributed by atoms with Crippen molar-refractivity contribution in [2.75, 3.05) is 11.1 Å². The Morgan fingerprint density at radius 1 is 1.35 bits per heavy atom. The van der Waals surface area contributed by atoms with Gasteiger partial charge in [-0.05, 0) is 51.1 Å². The average molecular weight is 288 g/mol. The van der Waals surface area contributed by atoms with Crippen LogP contribution in [0.1, 0.15) is 34.0 Å². The third kappa shape index (κ3) is 3.61. The molecule has 4 heteroatoms. The third-order valence-electron chi connectivity index (χ3n) is 3.15. The number of thiophene rings is 1. The summed E-state index contributed by atoms with van der Waals surface area (Å²) in [6.07, 6.45) is 0.979. The molecule has 3 N–H and O–H groups in total. The van der Waals surface area contributed by atoms with Crippen molar-refractivity contribution in [1.82, 2.24) is 0 Å². The summed E-state index contributed by atoms with van der Waals surface area (Å²) in [5.41, 5.74) is 7.96. The number of carbonyl (C=O) groups excluding carboxylic acids is 1. The minimum absolute atomic E-state index is 0.00356. The van der Waals surface area contributed by atoms with Crippen LogP contribution < -0.4 is 11.1 Å². The Hall–Kier alpha value is -1.81. The Balaban J connectivity index is 2.02. The van der Waals surface area contributed by atoms with E-state index in [1.165, 1.54) is 16.7 Å². The average Bonchev–Trinajstić information content (AvgIpc) is 2.74. The predicted molar refractivity (Wildman–Crippen MR) is 86.7 cm³/mol. The van der Waals surface area contributed by atoms with E-state index in [0.29, 0.717) is 17.3 Å². The van der Waals surface area contributed by atoms with Gasteiger partial charge in [-0.25, -0.2) is 0 Å². The molecule has 0 fully saturated rings. The van der Waals surface area contributed by atoms with Gasteiger partial charge >= 0.3 is 0 Å². The van der Waals surface area contributed by atoms with Crippen LogP contribution in [0.25, 0.3) is 0 Å². The fourth-order valence-electron chi connectivity index (χ4n) is 2.21. The topological polar surface area (TPSA) is 55.1 Å². The first kappa shape index (κ1) is 14.6. The molecular formula is C16H20N2OS. The van der Waals surface area contributed by atoms with Crippen molar-refractivity contribution < 1.29 is 4.79 Å². The van der Waals surface area contributed by atoms with E-state index in [1.54, 1.807) is 6.07 Å². The molecule has 0 saturated heterocycles. The van der Waals surface area contributed by atoms with Crippen LogP contribution in [-0.2, 0) is 6.42 Å². The standard InChI is InChI=1S/C16H20N2OS/c1-10(8-14-6-4-11(2)20-14)18-13-5-7-15(12(3)19)16(17)9-13/h4-7,9-10,18H,8,17H2,1-3H3. The second-order valence-corrected chi connectivity index (χ2v) is 6.49. The number of anilines is 2. The van der Waals surface area contributed by atoms with Gasteiger partial charge in [0.05, 0.1) is 0 Å². The summed E-state index contributed by atoms with van der Waals surface area (Å²) in [4.78, 5) is 14.1. The first-order valence-corrected chi connectivity index (χ1v) is 7.49. The molecule has 0 spiro atoms. The van der Waals surface area contributed by atoms with Crippen LogP contribution in [-0.4, -0.2) is 11.8 Å². The number of hydrogen-bond donors (Lipinski definition) is 2. The lowest BCUT2D eigenvalue weighted by molar-refractivity contribution is 0.101. The van der Waals surface area contributed by atoms with Crippen LogP contribution >= 0.6 is 11.3 Å². The third-order valence-corrected chi connectivity index (χ3v) is 4.17. The zero-order chi connectivity index (χ0) is 14.7. The van der Waals surface area contributed by atoms with Gasteiger partial charge in [-0.1, -0.05) is 0 Å². The van der Waals surface area contributed by atoms with Gasteiger partial charge in [0.2, 0.25) is 0 Å². The Labute approximate surface area is 123 Å². The highest BCUT2D eigenvalue weighted by molar-refractivity contribution is 7.11. The maximum atomic E-state index is 11.3. The number of benzene rings is 1. The fraction of sp³-hybridized carbons (Fsp3) is 0.312. The summed E-state index contributed by atoms with van der Waals surface area (Å²) in [7, 11) is 0. The summed E-state index contributed by atoms with van der Waals surface area (Å²) >= 11 is 1.83. The van der Waals surface area contributed by atoms with Gasteiger partial charge < -0.3 is 11.1 Å². The maximum absolute atomic E-state index is 11.3. The number of Topliss-reactive ketones (excluding diaryl/α,β-unsaturated/α-hetero) is 1. The lowest BCUT2D eigenvalue weighted by Gasteiger charge is -2.15. The minimum Gasteiger partial charge on any atom is -0.398 e. The van der Waals surface area contributed by atoms with Crippen LogP contribution in [0.15, 0.2) is 30.3 Å². The second kappa shape index (κ2) is 6.09. The molecule has 2 aromatic rings. The normalized spacial score (nSPS) is 12.2. The van der Waals surface area contributed by atoms with Crippen LogP contribution in [0.3, 0.4) is 0 Å². The lowest BCUT2D eigenvalue weighted by atomic mass is 10.1. The molecule has 0 aliphatic carbocycles. The summed E-state index contributed by atoms with van der Waals surface area (Å²) in [5.74, 6) is -0.00356. The van der Waals surface area contributed by atoms with Crippen LogP contribution in [0.2, 0.25) is 0 Å². The smallest absolute Gasteiger partial charge is 0.161 e. The van der Waals surface area contributed by atoms with E-state index in [-0.39, 0.29) is 5.78 Å². The monoisotopic (exact) mass is 288 g/mol. The minimum atomic E-state index is -0.00356. The van der Waals surface area contributed by atoms with Crippen LogP contribution in [0, 0.1) is 6.92 Å². The van der Waals surface area contributed by atoms with Crippen molar-refractivity contribution in [2.45, 2.75) is 33.2 Å². The summed E-state index contributed by atoms with van der Waals surface area (Å²) in [6, 6.07) is 10.1. The van der Waals surface area contributed by atoms with Crippen molar-refractivity contribution in [3.05, 3.63) is 45.6 Å². The van der Waals surface area contributed by atoms with Gasteiger partial charge in [-0.2, -0.15) is 0 Å². The van der Waals surface area contributed by atoms with Crippen molar-refractivity contribution in [3.63, 3.8) is 0 Å². The Kier molecular flexibility index (Phi) is 4.45. The zero-order valence-corrected chi connectivity index (χ0v) is 12.9. The molecule has 2 rings (SSSR count).